The number of nitrogens with zero attached hydrogens (tertiary/aromatic N) is 5. The molecule has 3 fully saturated rings. The Labute approximate surface area is 190 Å². The van der Waals surface area contributed by atoms with E-state index in [1.807, 2.05) is 4.57 Å². The molecule has 7 nitrogen and oxygen atoms in total. The largest absolute Gasteiger partial charge is 0.347 e. The summed E-state index contributed by atoms with van der Waals surface area (Å²) in [5.74, 6) is 1.48. The first-order chi connectivity index (χ1) is 16.0. The van der Waals surface area contributed by atoms with Gasteiger partial charge in [-0.3, -0.25) is 4.98 Å². The summed E-state index contributed by atoms with van der Waals surface area (Å²) in [6.07, 6.45) is 5.32. The maximum atomic E-state index is 13.9. The second-order valence-electron chi connectivity index (χ2n) is 9.24. The van der Waals surface area contributed by atoms with E-state index in [2.05, 4.69) is 44.1 Å². The Morgan fingerprint density at radius 2 is 1.91 bits per heavy atom. The second kappa shape index (κ2) is 7.88. The first kappa shape index (κ1) is 20.2. The van der Waals surface area contributed by atoms with E-state index in [0.29, 0.717) is 40.7 Å². The van der Waals surface area contributed by atoms with Crippen LogP contribution in [0.5, 0.6) is 0 Å². The van der Waals surface area contributed by atoms with Crippen LogP contribution >= 0.6 is 0 Å². The highest BCUT2D eigenvalue weighted by Gasteiger charge is 2.34. The number of rotatable bonds is 4. The highest BCUT2D eigenvalue weighted by Crippen LogP contribution is 2.39. The fraction of sp³-hybridized carbons (Fsp3) is 0.360. The Bertz CT molecular complexity index is 1380. The monoisotopic (exact) mass is 444 g/mol. The number of benzene rings is 1. The lowest BCUT2D eigenvalue weighted by atomic mass is 9.75. The average molecular weight is 445 g/mol. The highest BCUT2D eigenvalue weighted by molar-refractivity contribution is 5.78. The molecule has 1 atom stereocenters. The number of hydrogen-bond donors (Lipinski definition) is 1. The third kappa shape index (κ3) is 3.64. The van der Waals surface area contributed by atoms with Gasteiger partial charge < -0.3 is 14.5 Å². The summed E-state index contributed by atoms with van der Waals surface area (Å²) in [7, 11) is 0. The molecule has 1 N–H and O–H groups in total. The van der Waals surface area contributed by atoms with Gasteiger partial charge in [0.05, 0.1) is 12.7 Å². The molecule has 4 aromatic rings. The molecule has 0 amide bonds. The minimum atomic E-state index is -0.436. The Hall–Kier alpha value is -3.39. The molecule has 0 aliphatic carbocycles. The number of halogens is 1. The van der Waals surface area contributed by atoms with Crippen molar-refractivity contribution < 1.29 is 4.39 Å². The van der Waals surface area contributed by atoms with Gasteiger partial charge in [-0.15, -0.1) is 0 Å². The van der Waals surface area contributed by atoms with E-state index in [4.69, 9.17) is 4.98 Å². The molecule has 33 heavy (non-hydrogen) atoms. The van der Waals surface area contributed by atoms with Gasteiger partial charge in [-0.25, -0.2) is 14.2 Å². The molecule has 3 aliphatic rings. The lowest BCUT2D eigenvalue weighted by molar-refractivity contribution is 0.0871. The van der Waals surface area contributed by atoms with Crippen molar-refractivity contribution in [3.63, 3.8) is 0 Å². The van der Waals surface area contributed by atoms with Crippen LogP contribution in [0.2, 0.25) is 0 Å². The second-order valence-corrected chi connectivity index (χ2v) is 9.24. The third-order valence-corrected chi connectivity index (χ3v) is 7.17. The summed E-state index contributed by atoms with van der Waals surface area (Å²) < 4.78 is 15.8. The van der Waals surface area contributed by atoms with E-state index < -0.39 is 11.5 Å². The number of pyridine rings is 1. The van der Waals surface area contributed by atoms with Gasteiger partial charge in [0.1, 0.15) is 17.2 Å². The normalized spacial score (nSPS) is 22.2. The van der Waals surface area contributed by atoms with Crippen molar-refractivity contribution in [2.75, 3.05) is 19.6 Å². The van der Waals surface area contributed by atoms with Crippen LogP contribution in [0.25, 0.3) is 22.6 Å². The molecular weight excluding hydrogens is 419 g/mol. The van der Waals surface area contributed by atoms with Crippen LogP contribution in [0, 0.1) is 18.7 Å². The maximum Gasteiger partial charge on any atom is 0.347 e. The summed E-state index contributed by atoms with van der Waals surface area (Å²) in [4.78, 5) is 30.2. The number of H-pyrrole nitrogens is 1. The van der Waals surface area contributed by atoms with Crippen LogP contribution in [0.15, 0.2) is 47.5 Å². The van der Waals surface area contributed by atoms with Crippen LogP contribution < -0.4 is 5.69 Å². The molecule has 7 rings (SSSR count). The van der Waals surface area contributed by atoms with Crippen LogP contribution in [-0.2, 0) is 6.54 Å². The summed E-state index contributed by atoms with van der Waals surface area (Å²) in [5.41, 5.74) is 4.29. The van der Waals surface area contributed by atoms with Crippen molar-refractivity contribution in [1.82, 2.24) is 29.4 Å². The van der Waals surface area contributed by atoms with Gasteiger partial charge in [-0.1, -0.05) is 24.3 Å². The molecule has 0 radical (unpaired) electrons. The number of aromatic amines is 1. The zero-order valence-electron chi connectivity index (χ0n) is 18.5. The van der Waals surface area contributed by atoms with Crippen molar-refractivity contribution in [3.05, 3.63) is 75.8 Å². The topological polar surface area (TPSA) is 79.7 Å². The maximum absolute atomic E-state index is 13.9. The summed E-state index contributed by atoms with van der Waals surface area (Å²) >= 11 is 0. The number of imidazole rings is 1. The Balaban J connectivity index is 1.38. The van der Waals surface area contributed by atoms with Crippen LogP contribution in [0.1, 0.15) is 35.6 Å². The Morgan fingerprint density at radius 3 is 2.61 bits per heavy atom. The number of piperidine rings is 3. The summed E-state index contributed by atoms with van der Waals surface area (Å²) in [5, 5.41) is 0. The lowest BCUT2D eigenvalue weighted by Gasteiger charge is -2.45. The number of hydrogen-bond acceptors (Lipinski definition) is 5. The van der Waals surface area contributed by atoms with Crippen molar-refractivity contribution in [2.24, 2.45) is 5.92 Å². The van der Waals surface area contributed by atoms with E-state index in [1.165, 1.54) is 37.6 Å². The Kier molecular flexibility index (Phi) is 4.83. The fourth-order valence-electron chi connectivity index (χ4n) is 5.45. The number of nitrogens with one attached hydrogen (secondary N) is 1. The Morgan fingerprint density at radius 1 is 1.12 bits per heavy atom. The van der Waals surface area contributed by atoms with E-state index in [-0.39, 0.29) is 0 Å². The number of aryl methyl sites for hydroxylation is 1. The molecule has 168 valence electrons. The smallest absolute Gasteiger partial charge is 0.308 e. The van der Waals surface area contributed by atoms with E-state index in [9.17, 15) is 9.18 Å². The standard InChI is InChI=1S/C25H25FN6O/c1-15-22-24(30-25(33)28-15)32(23(29-22)19-10-20(26)12-27-11-19)13-16-2-4-17(5-3-16)21-14-31-8-6-18(21)7-9-31/h2-5,10-12,18,21H,6-9,13-14H2,1H3,(H,28,30,33). The van der Waals surface area contributed by atoms with Gasteiger partial charge in [0.25, 0.3) is 0 Å². The number of fused-ring (bicyclic) bond motifs is 4. The molecule has 3 aliphatic heterocycles. The molecule has 8 heteroatoms. The van der Waals surface area contributed by atoms with Gasteiger partial charge in [-0.2, -0.15) is 4.98 Å². The quantitative estimate of drug-likeness (QED) is 0.521. The van der Waals surface area contributed by atoms with Crippen LogP contribution in [0.4, 0.5) is 4.39 Å². The van der Waals surface area contributed by atoms with Crippen LogP contribution in [0.3, 0.4) is 0 Å². The van der Waals surface area contributed by atoms with Gasteiger partial charge in [0.2, 0.25) is 0 Å². The fourth-order valence-corrected chi connectivity index (χ4v) is 5.45. The molecular formula is C25H25FN6O. The van der Waals surface area contributed by atoms with Gasteiger partial charge in [0.15, 0.2) is 5.65 Å². The summed E-state index contributed by atoms with van der Waals surface area (Å²) in [6.45, 7) is 5.88. The molecule has 0 spiro atoms. The van der Waals surface area contributed by atoms with Crippen molar-refractivity contribution in [3.8, 4) is 11.4 Å². The van der Waals surface area contributed by atoms with Gasteiger partial charge in [-0.05, 0) is 61.9 Å². The van der Waals surface area contributed by atoms with E-state index >= 15 is 0 Å². The van der Waals surface area contributed by atoms with Crippen molar-refractivity contribution in [1.29, 1.82) is 0 Å². The minimum absolute atomic E-state index is 0.428. The molecule has 3 aromatic heterocycles. The molecule has 0 saturated carbocycles. The van der Waals surface area contributed by atoms with E-state index in [1.54, 1.807) is 13.1 Å². The first-order valence-electron chi connectivity index (χ1n) is 11.4. The zero-order chi connectivity index (χ0) is 22.5. The number of aromatic nitrogens is 5. The minimum Gasteiger partial charge on any atom is -0.308 e. The van der Waals surface area contributed by atoms with Crippen LogP contribution in [-0.4, -0.2) is 49.0 Å². The van der Waals surface area contributed by atoms with Gasteiger partial charge in [0, 0.05) is 24.0 Å². The highest BCUT2D eigenvalue weighted by atomic mass is 19.1. The zero-order valence-corrected chi connectivity index (χ0v) is 18.5. The molecule has 2 bridgehead atoms. The summed E-state index contributed by atoms with van der Waals surface area (Å²) in [6, 6.07) is 10.2. The third-order valence-electron chi connectivity index (χ3n) is 7.17. The predicted molar refractivity (Wildman–Crippen MR) is 124 cm³/mol. The first-order valence-corrected chi connectivity index (χ1v) is 11.4. The average Bonchev–Trinajstić information content (AvgIpc) is 3.19. The predicted octanol–water partition coefficient (Wildman–Crippen LogP) is 3.49. The lowest BCUT2D eigenvalue weighted by Crippen LogP contribution is -2.46. The van der Waals surface area contributed by atoms with E-state index in [0.717, 1.165) is 24.2 Å². The molecule has 1 unspecified atom stereocenters. The molecule has 3 saturated heterocycles. The van der Waals surface area contributed by atoms with Crippen molar-refractivity contribution in [2.45, 2.75) is 32.2 Å². The van der Waals surface area contributed by atoms with Crippen molar-refractivity contribution >= 4 is 11.2 Å². The van der Waals surface area contributed by atoms with Gasteiger partial charge >= 0.3 is 5.69 Å². The molecule has 1 aromatic carbocycles. The SMILES string of the molecule is Cc1[nH]c(=O)nc2c1nc(-c1cncc(F)c1)n2Cc1ccc(C2CN3CCC2CC3)cc1. The molecule has 6 heterocycles.